The summed E-state index contributed by atoms with van der Waals surface area (Å²) in [5.41, 5.74) is 2.65. The molecule has 0 aromatic heterocycles. The van der Waals surface area contributed by atoms with E-state index < -0.39 is 0 Å². The lowest BCUT2D eigenvalue weighted by atomic mass is 9.97. The van der Waals surface area contributed by atoms with Crippen LogP contribution in [0.4, 0.5) is 5.69 Å². The molecule has 0 bridgehead atoms. The summed E-state index contributed by atoms with van der Waals surface area (Å²) in [7, 11) is 0. The third-order valence-electron chi connectivity index (χ3n) is 3.92. The average molecular weight is 232 g/mol. The van der Waals surface area contributed by atoms with Crippen molar-refractivity contribution in [3.63, 3.8) is 0 Å². The van der Waals surface area contributed by atoms with E-state index in [0.29, 0.717) is 12.1 Å². The van der Waals surface area contributed by atoms with E-state index >= 15 is 0 Å². The van der Waals surface area contributed by atoms with Crippen molar-refractivity contribution in [2.24, 2.45) is 0 Å². The molecule has 0 aliphatic carbocycles. The van der Waals surface area contributed by atoms with Crippen molar-refractivity contribution in [1.82, 2.24) is 4.90 Å². The molecule has 0 amide bonds. The van der Waals surface area contributed by atoms with E-state index in [1.165, 1.54) is 37.2 Å². The highest BCUT2D eigenvalue weighted by Crippen LogP contribution is 2.22. The van der Waals surface area contributed by atoms with Crippen LogP contribution in [0.5, 0.6) is 0 Å². The number of benzene rings is 1. The van der Waals surface area contributed by atoms with Crippen molar-refractivity contribution >= 4 is 5.69 Å². The van der Waals surface area contributed by atoms with E-state index in [4.69, 9.17) is 0 Å². The number of hydrogen-bond acceptors (Lipinski definition) is 2. The quantitative estimate of drug-likeness (QED) is 0.860. The second-order valence-electron chi connectivity index (χ2n) is 5.16. The largest absolute Gasteiger partial charge is 0.382 e. The Bertz CT molecular complexity index is 362. The Kier molecular flexibility index (Phi) is 4.06. The number of anilines is 1. The molecule has 0 saturated carbocycles. The van der Waals surface area contributed by atoms with Crippen LogP contribution >= 0.6 is 0 Å². The van der Waals surface area contributed by atoms with Crippen molar-refractivity contribution in [3.05, 3.63) is 29.8 Å². The molecule has 2 atom stereocenters. The van der Waals surface area contributed by atoms with Gasteiger partial charge in [0.15, 0.2) is 0 Å². The zero-order valence-corrected chi connectivity index (χ0v) is 11.2. The van der Waals surface area contributed by atoms with Gasteiger partial charge in [-0.05, 0) is 44.9 Å². The smallest absolute Gasteiger partial charge is 0.0372 e. The molecule has 0 radical (unpaired) electrons. The van der Waals surface area contributed by atoms with Crippen LogP contribution in [0.1, 0.15) is 32.3 Å². The lowest BCUT2D eigenvalue weighted by Gasteiger charge is -2.37. The maximum atomic E-state index is 3.70. The Morgan fingerprint density at radius 1 is 1.35 bits per heavy atom. The first kappa shape index (κ1) is 12.4. The van der Waals surface area contributed by atoms with Crippen LogP contribution in [0.15, 0.2) is 24.3 Å². The number of para-hydroxylation sites is 1. The molecule has 1 N–H and O–H groups in total. The SMILES string of the molecule is CCN1CCC(Nc2ccccc2C)CC1C. The fourth-order valence-electron chi connectivity index (χ4n) is 2.78. The predicted molar refractivity (Wildman–Crippen MR) is 74.5 cm³/mol. The molecule has 2 nitrogen and oxygen atoms in total. The summed E-state index contributed by atoms with van der Waals surface area (Å²) in [5.74, 6) is 0. The number of likely N-dealkylation sites (tertiary alicyclic amines) is 1. The van der Waals surface area contributed by atoms with Gasteiger partial charge >= 0.3 is 0 Å². The van der Waals surface area contributed by atoms with Crippen LogP contribution in [-0.2, 0) is 0 Å². The van der Waals surface area contributed by atoms with Gasteiger partial charge in [-0.15, -0.1) is 0 Å². The van der Waals surface area contributed by atoms with Crippen LogP contribution in [0, 0.1) is 6.92 Å². The maximum absolute atomic E-state index is 3.70. The van der Waals surface area contributed by atoms with Crippen LogP contribution in [0.25, 0.3) is 0 Å². The summed E-state index contributed by atoms with van der Waals surface area (Å²) in [4.78, 5) is 2.57. The summed E-state index contributed by atoms with van der Waals surface area (Å²) in [6, 6.07) is 9.91. The molecule has 1 aromatic rings. The van der Waals surface area contributed by atoms with Gasteiger partial charge in [0.05, 0.1) is 0 Å². The van der Waals surface area contributed by atoms with Crippen LogP contribution in [0.3, 0.4) is 0 Å². The van der Waals surface area contributed by atoms with E-state index in [2.05, 4.69) is 55.3 Å². The second kappa shape index (κ2) is 5.54. The topological polar surface area (TPSA) is 15.3 Å². The fourth-order valence-corrected chi connectivity index (χ4v) is 2.78. The lowest BCUT2D eigenvalue weighted by molar-refractivity contribution is 0.161. The van der Waals surface area contributed by atoms with Gasteiger partial charge in [0.1, 0.15) is 0 Å². The van der Waals surface area contributed by atoms with Crippen molar-refractivity contribution in [3.8, 4) is 0 Å². The number of nitrogens with one attached hydrogen (secondary N) is 1. The van der Waals surface area contributed by atoms with Gasteiger partial charge in [-0.25, -0.2) is 0 Å². The monoisotopic (exact) mass is 232 g/mol. The molecule has 1 saturated heterocycles. The minimum Gasteiger partial charge on any atom is -0.382 e. The normalized spacial score (nSPS) is 25.8. The van der Waals surface area contributed by atoms with Gasteiger partial charge < -0.3 is 10.2 Å². The Hall–Kier alpha value is -1.02. The first-order valence-corrected chi connectivity index (χ1v) is 6.77. The Morgan fingerprint density at radius 3 is 2.76 bits per heavy atom. The summed E-state index contributed by atoms with van der Waals surface area (Å²) < 4.78 is 0. The highest BCUT2D eigenvalue weighted by Gasteiger charge is 2.24. The van der Waals surface area contributed by atoms with Gasteiger partial charge in [-0.2, -0.15) is 0 Å². The van der Waals surface area contributed by atoms with E-state index in [1.54, 1.807) is 0 Å². The van der Waals surface area contributed by atoms with Gasteiger partial charge in [0, 0.05) is 24.3 Å². The van der Waals surface area contributed by atoms with E-state index in [0.717, 1.165) is 0 Å². The maximum Gasteiger partial charge on any atom is 0.0372 e. The molecule has 2 rings (SSSR count). The zero-order chi connectivity index (χ0) is 12.3. The molecule has 2 heteroatoms. The third kappa shape index (κ3) is 3.01. The first-order chi connectivity index (χ1) is 8.20. The van der Waals surface area contributed by atoms with Crippen molar-refractivity contribution in [1.29, 1.82) is 0 Å². The molecule has 1 aliphatic rings. The summed E-state index contributed by atoms with van der Waals surface area (Å²) >= 11 is 0. The Morgan fingerprint density at radius 2 is 2.12 bits per heavy atom. The summed E-state index contributed by atoms with van der Waals surface area (Å²) in [5, 5.41) is 3.70. The molecule has 17 heavy (non-hydrogen) atoms. The molecule has 1 fully saturated rings. The van der Waals surface area contributed by atoms with Gasteiger partial charge in [-0.3, -0.25) is 0 Å². The molecule has 1 aromatic carbocycles. The van der Waals surface area contributed by atoms with Gasteiger partial charge in [-0.1, -0.05) is 25.1 Å². The number of nitrogens with zero attached hydrogens (tertiary/aromatic N) is 1. The first-order valence-electron chi connectivity index (χ1n) is 6.77. The fraction of sp³-hybridized carbons (Fsp3) is 0.600. The molecular weight excluding hydrogens is 208 g/mol. The van der Waals surface area contributed by atoms with E-state index in [9.17, 15) is 0 Å². The predicted octanol–water partition coefficient (Wildman–Crippen LogP) is 3.28. The summed E-state index contributed by atoms with van der Waals surface area (Å²) in [6.45, 7) is 9.17. The van der Waals surface area contributed by atoms with Crippen LogP contribution in [-0.4, -0.2) is 30.1 Å². The number of aryl methyl sites for hydroxylation is 1. The molecule has 94 valence electrons. The van der Waals surface area contributed by atoms with E-state index in [1.807, 2.05) is 0 Å². The number of hydrogen-bond donors (Lipinski definition) is 1. The van der Waals surface area contributed by atoms with Gasteiger partial charge in [0.25, 0.3) is 0 Å². The van der Waals surface area contributed by atoms with Crippen molar-refractivity contribution in [2.75, 3.05) is 18.4 Å². The zero-order valence-electron chi connectivity index (χ0n) is 11.2. The van der Waals surface area contributed by atoms with Crippen LogP contribution in [0.2, 0.25) is 0 Å². The Labute approximate surface area is 105 Å². The summed E-state index contributed by atoms with van der Waals surface area (Å²) in [6.07, 6.45) is 2.51. The second-order valence-corrected chi connectivity index (χ2v) is 5.16. The van der Waals surface area contributed by atoms with Gasteiger partial charge in [0.2, 0.25) is 0 Å². The molecule has 1 aliphatic heterocycles. The molecule has 1 heterocycles. The van der Waals surface area contributed by atoms with E-state index in [-0.39, 0.29) is 0 Å². The molecule has 2 unspecified atom stereocenters. The number of piperidine rings is 1. The average Bonchev–Trinajstić information content (AvgIpc) is 2.32. The molecular formula is C15H24N2. The van der Waals surface area contributed by atoms with Crippen molar-refractivity contribution < 1.29 is 0 Å². The highest BCUT2D eigenvalue weighted by atomic mass is 15.2. The standard InChI is InChI=1S/C15H24N2/c1-4-17-10-9-14(11-13(17)3)16-15-8-6-5-7-12(15)2/h5-8,13-14,16H,4,9-11H2,1-3H3. The lowest BCUT2D eigenvalue weighted by Crippen LogP contribution is -2.44. The number of rotatable bonds is 3. The third-order valence-corrected chi connectivity index (χ3v) is 3.92. The minimum atomic E-state index is 0.633. The van der Waals surface area contributed by atoms with Crippen molar-refractivity contribution in [2.45, 2.75) is 45.7 Å². The molecule has 0 spiro atoms. The minimum absolute atomic E-state index is 0.633. The Balaban J connectivity index is 1.95. The van der Waals surface area contributed by atoms with Crippen LogP contribution < -0.4 is 5.32 Å². The highest BCUT2D eigenvalue weighted by molar-refractivity contribution is 5.51.